The normalized spacial score (nSPS) is 12.5. The fourth-order valence-corrected chi connectivity index (χ4v) is 3.43. The minimum atomic E-state index is -0.316. The molecule has 0 saturated heterocycles. The number of hydrogen-bond donors (Lipinski definition) is 3. The molecule has 4 N–H and O–H groups in total. The van der Waals surface area contributed by atoms with Crippen LogP contribution in [0.4, 0.5) is 16.2 Å². The van der Waals surface area contributed by atoms with Crippen LogP contribution in [0.25, 0.3) is 27.9 Å². The predicted molar refractivity (Wildman–Crippen MR) is 109 cm³/mol. The fraction of sp³-hybridized carbons (Fsp3) is 0.100. The molecule has 0 aliphatic heterocycles. The fourth-order valence-electron chi connectivity index (χ4n) is 3.43. The number of aromatic amines is 1. The van der Waals surface area contributed by atoms with Crippen molar-refractivity contribution in [3.8, 4) is 5.69 Å². The van der Waals surface area contributed by atoms with Gasteiger partial charge in [-0.2, -0.15) is 9.97 Å². The van der Waals surface area contributed by atoms with Crippen LogP contribution in [0.5, 0.6) is 0 Å². The Balaban J connectivity index is 1.65. The summed E-state index contributed by atoms with van der Waals surface area (Å²) in [5, 5.41) is 3.32. The average Bonchev–Trinajstić information content (AvgIpc) is 3.32. The number of nitrogens with two attached hydrogens (primary N) is 1. The maximum Gasteiger partial charge on any atom is 0.224 e. The zero-order chi connectivity index (χ0) is 20.0. The van der Waals surface area contributed by atoms with Gasteiger partial charge in [-0.25, -0.2) is 14.4 Å². The van der Waals surface area contributed by atoms with Crippen LogP contribution in [-0.2, 0) is 0 Å². The second-order valence-electron chi connectivity index (χ2n) is 6.67. The smallest absolute Gasteiger partial charge is 0.224 e. The summed E-state index contributed by atoms with van der Waals surface area (Å²) in [6.45, 7) is 1.95. The van der Waals surface area contributed by atoms with Crippen molar-refractivity contribution in [2.24, 2.45) is 0 Å². The van der Waals surface area contributed by atoms with Crippen molar-refractivity contribution >= 4 is 34.0 Å². The molecule has 1 atom stereocenters. The van der Waals surface area contributed by atoms with Crippen LogP contribution in [0.1, 0.15) is 18.8 Å². The number of aromatic nitrogens is 6. The third-order valence-corrected chi connectivity index (χ3v) is 4.69. The lowest BCUT2D eigenvalue weighted by molar-refractivity contribution is 0.629. The summed E-state index contributed by atoms with van der Waals surface area (Å²) in [6, 6.07) is 14.0. The lowest BCUT2D eigenvalue weighted by atomic mass is 10.2. The number of para-hydroxylation sites is 1. The predicted octanol–water partition coefficient (Wildman–Crippen LogP) is 3.59. The number of imidazole rings is 2. The van der Waals surface area contributed by atoms with E-state index in [1.165, 1.54) is 18.5 Å². The van der Waals surface area contributed by atoms with Gasteiger partial charge in [-0.15, -0.1) is 0 Å². The molecule has 0 amide bonds. The molecule has 0 radical (unpaired) electrons. The largest absolute Gasteiger partial charge is 0.368 e. The van der Waals surface area contributed by atoms with Crippen molar-refractivity contribution in [1.82, 2.24) is 29.5 Å². The molecule has 8 nitrogen and oxygen atoms in total. The number of H-pyrrole nitrogens is 1. The molecule has 0 spiro atoms. The molecule has 5 aromatic rings. The van der Waals surface area contributed by atoms with E-state index in [0.717, 1.165) is 5.69 Å². The zero-order valence-corrected chi connectivity index (χ0v) is 15.5. The van der Waals surface area contributed by atoms with E-state index in [9.17, 15) is 4.39 Å². The standard InChI is InChI=1S/C20H17FN8/c1-11(25-18-16-17(24-10-23-16)27-20(22)28-18)19-26-14-8-7-12(21)9-15(14)29(19)13-5-3-2-4-6-13/h2-11H,1H3,(H4,22,23,24,25,27,28)/t11-/m0/s1. The molecule has 5 rings (SSSR count). The minimum absolute atomic E-state index is 0.134. The Morgan fingerprint density at radius 1 is 1.10 bits per heavy atom. The lowest BCUT2D eigenvalue weighted by Gasteiger charge is -2.17. The molecule has 0 aliphatic rings. The van der Waals surface area contributed by atoms with E-state index in [-0.39, 0.29) is 17.8 Å². The number of nitrogens with one attached hydrogen (secondary N) is 2. The summed E-state index contributed by atoms with van der Waals surface area (Å²) in [5.41, 5.74) is 9.23. The second-order valence-corrected chi connectivity index (χ2v) is 6.67. The van der Waals surface area contributed by atoms with Crippen LogP contribution in [0.15, 0.2) is 54.9 Å². The van der Waals surface area contributed by atoms with Crippen LogP contribution < -0.4 is 11.1 Å². The van der Waals surface area contributed by atoms with Gasteiger partial charge in [0, 0.05) is 11.8 Å². The van der Waals surface area contributed by atoms with Crippen molar-refractivity contribution in [1.29, 1.82) is 0 Å². The zero-order valence-electron chi connectivity index (χ0n) is 15.5. The number of nitrogen functional groups attached to an aromatic ring is 1. The van der Waals surface area contributed by atoms with Gasteiger partial charge in [0.2, 0.25) is 5.95 Å². The number of rotatable bonds is 4. The van der Waals surface area contributed by atoms with Gasteiger partial charge in [0.15, 0.2) is 11.5 Å². The first kappa shape index (κ1) is 17.1. The Hall–Kier alpha value is -4.01. The van der Waals surface area contributed by atoms with Gasteiger partial charge in [0.05, 0.1) is 23.4 Å². The maximum absolute atomic E-state index is 14.0. The summed E-state index contributed by atoms with van der Waals surface area (Å²) in [6.07, 6.45) is 1.54. The number of benzene rings is 2. The van der Waals surface area contributed by atoms with Gasteiger partial charge in [0.1, 0.15) is 17.2 Å². The summed E-state index contributed by atoms with van der Waals surface area (Å²) < 4.78 is 15.9. The van der Waals surface area contributed by atoms with E-state index in [2.05, 4.69) is 25.3 Å². The quantitative estimate of drug-likeness (QED) is 0.434. The third-order valence-electron chi connectivity index (χ3n) is 4.69. The van der Waals surface area contributed by atoms with Gasteiger partial charge >= 0.3 is 0 Å². The van der Waals surface area contributed by atoms with E-state index < -0.39 is 0 Å². The number of anilines is 2. The Morgan fingerprint density at radius 2 is 1.93 bits per heavy atom. The molecule has 0 fully saturated rings. The maximum atomic E-state index is 14.0. The molecular formula is C20H17FN8. The van der Waals surface area contributed by atoms with Crippen molar-refractivity contribution in [2.75, 3.05) is 11.1 Å². The van der Waals surface area contributed by atoms with Crippen molar-refractivity contribution in [2.45, 2.75) is 13.0 Å². The summed E-state index contributed by atoms with van der Waals surface area (Å²) in [4.78, 5) is 20.4. The van der Waals surface area contributed by atoms with E-state index in [1.54, 1.807) is 6.07 Å². The molecule has 0 unspecified atom stereocenters. The molecule has 9 heteroatoms. The van der Waals surface area contributed by atoms with Crippen LogP contribution in [0, 0.1) is 5.82 Å². The summed E-state index contributed by atoms with van der Waals surface area (Å²) in [5.74, 6) is 1.02. The molecule has 144 valence electrons. The minimum Gasteiger partial charge on any atom is -0.368 e. The molecule has 0 saturated carbocycles. The molecule has 29 heavy (non-hydrogen) atoms. The van der Waals surface area contributed by atoms with E-state index in [1.807, 2.05) is 41.8 Å². The van der Waals surface area contributed by atoms with E-state index in [0.29, 0.717) is 33.8 Å². The van der Waals surface area contributed by atoms with Crippen molar-refractivity contribution in [3.63, 3.8) is 0 Å². The van der Waals surface area contributed by atoms with Gasteiger partial charge < -0.3 is 16.0 Å². The lowest BCUT2D eigenvalue weighted by Crippen LogP contribution is -2.15. The van der Waals surface area contributed by atoms with E-state index >= 15 is 0 Å². The molecule has 2 aromatic carbocycles. The van der Waals surface area contributed by atoms with Crippen molar-refractivity contribution in [3.05, 3.63) is 66.5 Å². The number of nitrogens with zero attached hydrogens (tertiary/aromatic N) is 5. The van der Waals surface area contributed by atoms with Crippen LogP contribution in [-0.4, -0.2) is 29.5 Å². The monoisotopic (exact) mass is 388 g/mol. The SMILES string of the molecule is C[C@H](Nc1nc(N)nc2[nH]cnc12)c1nc2ccc(F)cc2n1-c1ccccc1. The van der Waals surface area contributed by atoms with Gasteiger partial charge in [-0.1, -0.05) is 18.2 Å². The summed E-state index contributed by atoms with van der Waals surface area (Å²) >= 11 is 0. The number of halogens is 1. The van der Waals surface area contributed by atoms with Gasteiger partial charge in [-0.05, 0) is 31.2 Å². The third kappa shape index (κ3) is 2.92. The highest BCUT2D eigenvalue weighted by Crippen LogP contribution is 2.29. The molecule has 3 aromatic heterocycles. The Labute approximate surface area is 164 Å². The molecule has 0 aliphatic carbocycles. The second kappa shape index (κ2) is 6.55. The number of hydrogen-bond acceptors (Lipinski definition) is 6. The first-order chi connectivity index (χ1) is 14.1. The topological polar surface area (TPSA) is 110 Å². The average molecular weight is 388 g/mol. The van der Waals surface area contributed by atoms with Crippen molar-refractivity contribution < 1.29 is 4.39 Å². The molecular weight excluding hydrogens is 371 g/mol. The van der Waals surface area contributed by atoms with E-state index in [4.69, 9.17) is 10.7 Å². The first-order valence-corrected chi connectivity index (χ1v) is 9.06. The Morgan fingerprint density at radius 3 is 2.76 bits per heavy atom. The summed E-state index contributed by atoms with van der Waals surface area (Å²) in [7, 11) is 0. The molecule has 3 heterocycles. The van der Waals surface area contributed by atoms with Crippen LogP contribution >= 0.6 is 0 Å². The van der Waals surface area contributed by atoms with Crippen LogP contribution in [0.3, 0.4) is 0 Å². The number of fused-ring (bicyclic) bond motifs is 2. The van der Waals surface area contributed by atoms with Crippen LogP contribution in [0.2, 0.25) is 0 Å². The molecule has 0 bridgehead atoms. The Kier molecular flexibility index (Phi) is 3.87. The highest BCUT2D eigenvalue weighted by Gasteiger charge is 2.20. The van der Waals surface area contributed by atoms with Gasteiger partial charge in [0.25, 0.3) is 0 Å². The highest BCUT2D eigenvalue weighted by atomic mass is 19.1. The Bertz CT molecular complexity index is 1320. The van der Waals surface area contributed by atoms with Gasteiger partial charge in [-0.3, -0.25) is 4.57 Å². The highest BCUT2D eigenvalue weighted by molar-refractivity contribution is 5.84. The first-order valence-electron chi connectivity index (χ1n) is 9.06.